The van der Waals surface area contributed by atoms with Crippen molar-refractivity contribution < 1.29 is 14.3 Å². The number of fused-ring (bicyclic) bond motifs is 1. The van der Waals surface area contributed by atoms with Crippen LogP contribution < -0.4 is 5.32 Å². The number of nitrogens with one attached hydrogen (secondary N) is 1. The van der Waals surface area contributed by atoms with Gasteiger partial charge >= 0.3 is 5.97 Å². The van der Waals surface area contributed by atoms with Crippen LogP contribution in [0.1, 0.15) is 31.4 Å². The Morgan fingerprint density at radius 2 is 2.21 bits per heavy atom. The summed E-state index contributed by atoms with van der Waals surface area (Å²) >= 11 is 0. The molecule has 0 spiro atoms. The topological polar surface area (TPSA) is 47.6 Å². The first-order valence-electron chi connectivity index (χ1n) is 6.78. The number of rotatable bonds is 5. The van der Waals surface area contributed by atoms with E-state index in [2.05, 4.69) is 11.4 Å². The van der Waals surface area contributed by atoms with Crippen molar-refractivity contribution in [3.63, 3.8) is 0 Å². The summed E-state index contributed by atoms with van der Waals surface area (Å²) in [5, 5.41) is 3.42. The van der Waals surface area contributed by atoms with Crippen LogP contribution >= 0.6 is 0 Å². The van der Waals surface area contributed by atoms with E-state index in [4.69, 9.17) is 9.47 Å². The Morgan fingerprint density at radius 3 is 2.95 bits per heavy atom. The fourth-order valence-electron chi connectivity index (χ4n) is 2.68. The van der Waals surface area contributed by atoms with Crippen molar-refractivity contribution in [3.8, 4) is 0 Å². The van der Waals surface area contributed by atoms with E-state index >= 15 is 0 Å². The molecular weight excluding hydrogens is 242 g/mol. The molecule has 1 N–H and O–H groups in total. The van der Waals surface area contributed by atoms with Crippen molar-refractivity contribution in [2.24, 2.45) is 0 Å². The van der Waals surface area contributed by atoms with Gasteiger partial charge in [0.2, 0.25) is 0 Å². The Hall–Kier alpha value is -1.39. The molecule has 4 nitrogen and oxygen atoms in total. The minimum absolute atomic E-state index is 0.191. The zero-order valence-electron chi connectivity index (χ0n) is 11.6. The molecule has 0 fully saturated rings. The van der Waals surface area contributed by atoms with Crippen molar-refractivity contribution in [1.82, 2.24) is 5.32 Å². The molecule has 2 rings (SSSR count). The van der Waals surface area contributed by atoms with Crippen LogP contribution in [0.15, 0.2) is 24.3 Å². The number of hydrogen-bond acceptors (Lipinski definition) is 4. The number of likely N-dealkylation sites (N-methyl/N-ethyl adjacent to an activating group) is 1. The largest absolute Gasteiger partial charge is 0.466 e. The Kier molecular flexibility index (Phi) is 4.56. The van der Waals surface area contributed by atoms with E-state index < -0.39 is 5.54 Å². The smallest absolute Gasteiger partial charge is 0.308 e. The molecule has 104 valence electrons. The third-order valence-corrected chi connectivity index (χ3v) is 3.41. The average Bonchev–Trinajstić information content (AvgIpc) is 2.40. The molecule has 1 aliphatic heterocycles. The summed E-state index contributed by atoms with van der Waals surface area (Å²) in [4.78, 5) is 11.9. The Balaban J connectivity index is 2.32. The van der Waals surface area contributed by atoms with Crippen LogP contribution in [0.25, 0.3) is 0 Å². The highest BCUT2D eigenvalue weighted by Gasteiger charge is 2.39. The first-order valence-corrected chi connectivity index (χ1v) is 6.78. The first kappa shape index (κ1) is 14.0. The number of esters is 1. The summed E-state index contributed by atoms with van der Waals surface area (Å²) in [5.41, 5.74) is 1.82. The molecule has 0 aromatic heterocycles. The standard InChI is InChI=1S/C15H21NO3/c1-3-16-15(9-14(17)19-4-2)11-18-10-12-7-5-6-8-13(12)15/h5-8,16H,3-4,9-11H2,1-2H3. The van der Waals surface area contributed by atoms with E-state index in [0.717, 1.165) is 17.7 Å². The number of benzene rings is 1. The van der Waals surface area contributed by atoms with E-state index in [-0.39, 0.29) is 5.97 Å². The SMILES string of the molecule is CCNC1(CC(=O)OCC)COCc2ccccc21. The van der Waals surface area contributed by atoms with Crippen molar-refractivity contribution >= 4 is 5.97 Å². The molecule has 1 atom stereocenters. The first-order chi connectivity index (χ1) is 9.22. The second kappa shape index (κ2) is 6.17. The lowest BCUT2D eigenvalue weighted by molar-refractivity contribution is -0.146. The normalized spacial score (nSPS) is 21.8. The van der Waals surface area contributed by atoms with Crippen LogP contribution in [0.2, 0.25) is 0 Å². The molecule has 1 heterocycles. The molecule has 0 saturated heterocycles. The second-order valence-electron chi connectivity index (χ2n) is 4.74. The van der Waals surface area contributed by atoms with Gasteiger partial charge in [0, 0.05) is 0 Å². The lowest BCUT2D eigenvalue weighted by Gasteiger charge is -2.39. The molecule has 0 bridgehead atoms. The quantitative estimate of drug-likeness (QED) is 0.825. The molecule has 0 aliphatic carbocycles. The maximum Gasteiger partial charge on any atom is 0.308 e. The minimum Gasteiger partial charge on any atom is -0.466 e. The number of hydrogen-bond donors (Lipinski definition) is 1. The zero-order chi connectivity index (χ0) is 13.7. The zero-order valence-corrected chi connectivity index (χ0v) is 11.6. The van der Waals surface area contributed by atoms with Crippen LogP contribution in [-0.4, -0.2) is 25.7 Å². The van der Waals surface area contributed by atoms with E-state index in [9.17, 15) is 4.79 Å². The summed E-state index contributed by atoms with van der Waals surface area (Å²) in [7, 11) is 0. The highest BCUT2D eigenvalue weighted by atomic mass is 16.5. The average molecular weight is 263 g/mol. The summed E-state index contributed by atoms with van der Waals surface area (Å²) in [6, 6.07) is 8.11. The highest BCUT2D eigenvalue weighted by molar-refractivity contribution is 5.71. The highest BCUT2D eigenvalue weighted by Crippen LogP contribution is 2.33. The summed E-state index contributed by atoms with van der Waals surface area (Å²) < 4.78 is 10.8. The predicted octanol–water partition coefficient (Wildman–Crippen LogP) is 1.97. The fraction of sp³-hybridized carbons (Fsp3) is 0.533. The number of carbonyl (C=O) groups excluding carboxylic acids is 1. The summed E-state index contributed by atoms with van der Waals surface area (Å²) in [6.45, 7) is 6.14. The van der Waals surface area contributed by atoms with Crippen molar-refractivity contribution in [2.45, 2.75) is 32.4 Å². The number of carbonyl (C=O) groups is 1. The van der Waals surface area contributed by atoms with Gasteiger partial charge in [0.15, 0.2) is 0 Å². The fourth-order valence-corrected chi connectivity index (χ4v) is 2.68. The van der Waals surface area contributed by atoms with Crippen molar-refractivity contribution in [2.75, 3.05) is 19.8 Å². The molecular formula is C15H21NO3. The van der Waals surface area contributed by atoms with E-state index in [1.54, 1.807) is 0 Å². The molecule has 0 saturated carbocycles. The molecule has 0 radical (unpaired) electrons. The maximum atomic E-state index is 11.9. The molecule has 0 amide bonds. The van der Waals surface area contributed by atoms with E-state index in [1.165, 1.54) is 0 Å². The molecule has 1 aromatic carbocycles. The molecule has 1 aliphatic rings. The van der Waals surface area contributed by atoms with Gasteiger partial charge in [-0.3, -0.25) is 4.79 Å². The van der Waals surface area contributed by atoms with Crippen molar-refractivity contribution in [3.05, 3.63) is 35.4 Å². The summed E-state index contributed by atoms with van der Waals surface area (Å²) in [6.07, 6.45) is 0.297. The van der Waals surface area contributed by atoms with Crippen molar-refractivity contribution in [1.29, 1.82) is 0 Å². The van der Waals surface area contributed by atoms with Crippen LogP contribution in [0.4, 0.5) is 0 Å². The molecule has 19 heavy (non-hydrogen) atoms. The van der Waals surface area contributed by atoms with E-state index in [1.807, 2.05) is 32.0 Å². The van der Waals surface area contributed by atoms with Gasteiger partial charge in [0.25, 0.3) is 0 Å². The van der Waals surface area contributed by atoms with E-state index in [0.29, 0.717) is 26.2 Å². The second-order valence-corrected chi connectivity index (χ2v) is 4.74. The van der Waals surface area contributed by atoms with Gasteiger partial charge in [0.05, 0.1) is 31.8 Å². The monoisotopic (exact) mass is 263 g/mol. The van der Waals surface area contributed by atoms with Crippen LogP contribution in [0, 0.1) is 0 Å². The third-order valence-electron chi connectivity index (χ3n) is 3.41. The van der Waals surface area contributed by atoms with Gasteiger partial charge in [-0.15, -0.1) is 0 Å². The predicted molar refractivity (Wildman–Crippen MR) is 72.7 cm³/mol. The van der Waals surface area contributed by atoms with Gasteiger partial charge in [-0.05, 0) is 24.6 Å². The van der Waals surface area contributed by atoms with Crippen LogP contribution in [0.3, 0.4) is 0 Å². The van der Waals surface area contributed by atoms with Crippen LogP contribution in [0.5, 0.6) is 0 Å². The number of ether oxygens (including phenoxy) is 2. The molecule has 1 aromatic rings. The maximum absolute atomic E-state index is 11.9. The van der Waals surface area contributed by atoms with Gasteiger partial charge in [-0.1, -0.05) is 31.2 Å². The Labute approximate surface area is 114 Å². The molecule has 4 heteroatoms. The third kappa shape index (κ3) is 2.96. The Bertz CT molecular complexity index is 447. The lowest BCUT2D eigenvalue weighted by atomic mass is 9.82. The van der Waals surface area contributed by atoms with Crippen LogP contribution in [-0.2, 0) is 26.4 Å². The molecule has 1 unspecified atom stereocenters. The lowest BCUT2D eigenvalue weighted by Crippen LogP contribution is -2.50. The van der Waals surface area contributed by atoms with Gasteiger partial charge in [0.1, 0.15) is 0 Å². The van der Waals surface area contributed by atoms with Gasteiger partial charge in [-0.25, -0.2) is 0 Å². The van der Waals surface area contributed by atoms with Gasteiger partial charge in [-0.2, -0.15) is 0 Å². The Morgan fingerprint density at radius 1 is 1.42 bits per heavy atom. The summed E-state index contributed by atoms with van der Waals surface area (Å²) in [5.74, 6) is -0.191. The minimum atomic E-state index is -0.462. The van der Waals surface area contributed by atoms with Gasteiger partial charge < -0.3 is 14.8 Å².